The molecule has 1 amide bonds. The minimum absolute atomic E-state index is 0.113. The Balaban J connectivity index is 2.16. The SMILES string of the molecule is CCC(CNC(=O)c1ccccc1Br)(OC)c1ccccc1. The number of benzene rings is 2. The Morgan fingerprint density at radius 2 is 1.77 bits per heavy atom. The smallest absolute Gasteiger partial charge is 0.252 e. The molecule has 0 aliphatic carbocycles. The maximum atomic E-state index is 12.4. The standard InChI is InChI=1S/C18H20BrNO2/c1-3-18(22-2,14-9-5-4-6-10-14)13-20-17(21)15-11-7-8-12-16(15)19/h4-12H,3,13H2,1-2H3,(H,20,21). The number of amides is 1. The molecule has 2 aromatic carbocycles. The first-order valence-electron chi connectivity index (χ1n) is 7.26. The van der Waals surface area contributed by atoms with Crippen LogP contribution in [0.15, 0.2) is 59.1 Å². The van der Waals surface area contributed by atoms with Crippen molar-refractivity contribution in [3.8, 4) is 0 Å². The van der Waals surface area contributed by atoms with Crippen LogP contribution >= 0.6 is 15.9 Å². The van der Waals surface area contributed by atoms with Gasteiger partial charge < -0.3 is 10.1 Å². The van der Waals surface area contributed by atoms with E-state index in [-0.39, 0.29) is 5.91 Å². The van der Waals surface area contributed by atoms with Crippen LogP contribution in [0.2, 0.25) is 0 Å². The third-order valence-corrected chi connectivity index (χ3v) is 4.61. The molecule has 0 saturated heterocycles. The lowest BCUT2D eigenvalue weighted by Gasteiger charge is -2.32. The minimum Gasteiger partial charge on any atom is -0.372 e. The molecular formula is C18H20BrNO2. The van der Waals surface area contributed by atoms with E-state index in [1.165, 1.54) is 0 Å². The summed E-state index contributed by atoms with van der Waals surface area (Å²) >= 11 is 3.40. The molecule has 1 unspecified atom stereocenters. The Morgan fingerprint density at radius 3 is 2.36 bits per heavy atom. The molecule has 0 aliphatic rings. The van der Waals surface area contributed by atoms with Crippen LogP contribution in [-0.2, 0) is 10.3 Å². The number of nitrogens with one attached hydrogen (secondary N) is 1. The summed E-state index contributed by atoms with van der Waals surface area (Å²) in [6, 6.07) is 17.4. The zero-order valence-corrected chi connectivity index (χ0v) is 14.4. The van der Waals surface area contributed by atoms with Crippen LogP contribution < -0.4 is 5.32 Å². The molecule has 0 aliphatic heterocycles. The number of hydrogen-bond acceptors (Lipinski definition) is 2. The Labute approximate surface area is 139 Å². The molecule has 1 atom stereocenters. The van der Waals surface area contributed by atoms with Crippen molar-refractivity contribution in [2.24, 2.45) is 0 Å². The van der Waals surface area contributed by atoms with Gasteiger partial charge in [-0.2, -0.15) is 0 Å². The molecule has 0 radical (unpaired) electrons. The molecule has 0 saturated carbocycles. The van der Waals surface area contributed by atoms with Crippen molar-refractivity contribution in [1.29, 1.82) is 0 Å². The van der Waals surface area contributed by atoms with Gasteiger partial charge in [-0.25, -0.2) is 0 Å². The molecule has 3 nitrogen and oxygen atoms in total. The number of methoxy groups -OCH3 is 1. The van der Waals surface area contributed by atoms with Crippen molar-refractivity contribution in [3.63, 3.8) is 0 Å². The monoisotopic (exact) mass is 361 g/mol. The number of hydrogen-bond donors (Lipinski definition) is 1. The molecule has 4 heteroatoms. The van der Waals surface area contributed by atoms with E-state index in [1.54, 1.807) is 13.2 Å². The quantitative estimate of drug-likeness (QED) is 0.839. The summed E-state index contributed by atoms with van der Waals surface area (Å²) in [6.07, 6.45) is 0.768. The van der Waals surface area contributed by atoms with E-state index < -0.39 is 5.60 Å². The summed E-state index contributed by atoms with van der Waals surface area (Å²) in [5.74, 6) is -0.113. The van der Waals surface area contributed by atoms with E-state index >= 15 is 0 Å². The van der Waals surface area contributed by atoms with Crippen molar-refractivity contribution in [2.45, 2.75) is 18.9 Å². The fraction of sp³-hybridized carbons (Fsp3) is 0.278. The summed E-state index contributed by atoms with van der Waals surface area (Å²) < 4.78 is 6.55. The van der Waals surface area contributed by atoms with Gasteiger partial charge in [-0.05, 0) is 40.0 Å². The molecule has 1 N–H and O–H groups in total. The second kappa shape index (κ2) is 7.56. The molecule has 22 heavy (non-hydrogen) atoms. The lowest BCUT2D eigenvalue weighted by Crippen LogP contribution is -2.42. The lowest BCUT2D eigenvalue weighted by molar-refractivity contribution is -0.0164. The first-order chi connectivity index (χ1) is 10.6. The van der Waals surface area contributed by atoms with Crippen molar-refractivity contribution >= 4 is 21.8 Å². The largest absolute Gasteiger partial charge is 0.372 e. The zero-order valence-electron chi connectivity index (χ0n) is 12.8. The Hall–Kier alpha value is -1.65. The van der Waals surface area contributed by atoms with Crippen molar-refractivity contribution < 1.29 is 9.53 Å². The molecule has 0 heterocycles. The van der Waals surface area contributed by atoms with E-state index in [0.29, 0.717) is 12.1 Å². The van der Waals surface area contributed by atoms with Crippen LogP contribution in [0.25, 0.3) is 0 Å². The molecule has 0 fully saturated rings. The van der Waals surface area contributed by atoms with Gasteiger partial charge in [0.1, 0.15) is 5.60 Å². The van der Waals surface area contributed by atoms with Gasteiger partial charge in [0.05, 0.1) is 12.1 Å². The maximum Gasteiger partial charge on any atom is 0.252 e. The summed E-state index contributed by atoms with van der Waals surface area (Å²) in [5.41, 5.74) is 1.17. The molecule has 0 aromatic heterocycles. The van der Waals surface area contributed by atoms with Crippen molar-refractivity contribution in [3.05, 3.63) is 70.2 Å². The highest BCUT2D eigenvalue weighted by molar-refractivity contribution is 9.10. The summed E-state index contributed by atoms with van der Waals surface area (Å²) in [4.78, 5) is 12.4. The molecule has 2 aromatic rings. The summed E-state index contributed by atoms with van der Waals surface area (Å²) in [7, 11) is 1.68. The normalized spacial score (nSPS) is 13.4. The van der Waals surface area contributed by atoms with E-state index in [2.05, 4.69) is 28.2 Å². The third kappa shape index (κ3) is 3.57. The van der Waals surface area contributed by atoms with Crippen molar-refractivity contribution in [1.82, 2.24) is 5.32 Å². The summed E-state index contributed by atoms with van der Waals surface area (Å²) in [6.45, 7) is 2.48. The number of halogens is 1. The van der Waals surface area contributed by atoms with E-state index in [4.69, 9.17) is 4.74 Å². The second-order valence-corrected chi connectivity index (χ2v) is 5.93. The van der Waals surface area contributed by atoms with Crippen LogP contribution in [0.3, 0.4) is 0 Å². The first-order valence-corrected chi connectivity index (χ1v) is 8.05. The van der Waals surface area contributed by atoms with Gasteiger partial charge in [0.15, 0.2) is 0 Å². The van der Waals surface area contributed by atoms with Gasteiger partial charge in [-0.15, -0.1) is 0 Å². The predicted molar refractivity (Wildman–Crippen MR) is 91.9 cm³/mol. The topological polar surface area (TPSA) is 38.3 Å². The van der Waals surface area contributed by atoms with Gasteiger partial charge in [-0.3, -0.25) is 4.79 Å². The van der Waals surface area contributed by atoms with Gasteiger partial charge in [0.25, 0.3) is 5.91 Å². The summed E-state index contributed by atoms with van der Waals surface area (Å²) in [5, 5.41) is 2.99. The number of carbonyl (C=O) groups excluding carboxylic acids is 1. The second-order valence-electron chi connectivity index (χ2n) is 5.08. The van der Waals surface area contributed by atoms with Gasteiger partial charge in [-0.1, -0.05) is 49.4 Å². The number of carbonyl (C=O) groups is 1. The molecule has 0 bridgehead atoms. The number of ether oxygens (including phenoxy) is 1. The molecular weight excluding hydrogens is 342 g/mol. The highest BCUT2D eigenvalue weighted by Gasteiger charge is 2.30. The molecule has 0 spiro atoms. The molecule has 2 rings (SSSR count). The van der Waals surface area contributed by atoms with E-state index in [0.717, 1.165) is 16.5 Å². The fourth-order valence-electron chi connectivity index (χ4n) is 2.47. The fourth-order valence-corrected chi connectivity index (χ4v) is 2.94. The van der Waals surface area contributed by atoms with E-state index in [9.17, 15) is 4.79 Å². The Morgan fingerprint density at radius 1 is 1.14 bits per heavy atom. The Kier molecular flexibility index (Phi) is 5.75. The molecule has 116 valence electrons. The average Bonchev–Trinajstić information content (AvgIpc) is 2.57. The van der Waals surface area contributed by atoms with Crippen LogP contribution in [0, 0.1) is 0 Å². The van der Waals surface area contributed by atoms with Crippen LogP contribution in [0.4, 0.5) is 0 Å². The van der Waals surface area contributed by atoms with Crippen LogP contribution in [0.5, 0.6) is 0 Å². The zero-order chi connectivity index (χ0) is 16.0. The van der Waals surface area contributed by atoms with E-state index in [1.807, 2.05) is 48.5 Å². The van der Waals surface area contributed by atoms with Crippen LogP contribution in [0.1, 0.15) is 29.3 Å². The van der Waals surface area contributed by atoms with Gasteiger partial charge in [0.2, 0.25) is 0 Å². The highest BCUT2D eigenvalue weighted by atomic mass is 79.9. The number of rotatable bonds is 6. The average molecular weight is 362 g/mol. The minimum atomic E-state index is -0.516. The van der Waals surface area contributed by atoms with Gasteiger partial charge >= 0.3 is 0 Å². The van der Waals surface area contributed by atoms with Gasteiger partial charge in [0, 0.05) is 11.6 Å². The first kappa shape index (κ1) is 16.7. The highest BCUT2D eigenvalue weighted by Crippen LogP contribution is 2.28. The lowest BCUT2D eigenvalue weighted by atomic mass is 9.90. The van der Waals surface area contributed by atoms with Crippen LogP contribution in [-0.4, -0.2) is 19.6 Å². The predicted octanol–water partition coefficient (Wildman–Crippen LogP) is 4.13. The Bertz CT molecular complexity index is 624. The third-order valence-electron chi connectivity index (χ3n) is 3.91. The van der Waals surface area contributed by atoms with Crippen molar-refractivity contribution in [2.75, 3.05) is 13.7 Å². The maximum absolute atomic E-state index is 12.4.